The van der Waals surface area contributed by atoms with Crippen molar-refractivity contribution in [3.63, 3.8) is 0 Å². The maximum Gasteiger partial charge on any atom is 2.00 e. The van der Waals surface area contributed by atoms with Crippen molar-refractivity contribution in [3.05, 3.63) is 89.0 Å². The first-order valence-electron chi connectivity index (χ1n) is 9.64. The molecule has 0 aliphatic heterocycles. The molecule has 0 nitrogen and oxygen atoms in total. The molecule has 3 aromatic rings. The number of benzene rings is 2. The molecule has 3 heteroatoms. The predicted molar refractivity (Wildman–Crippen MR) is 125 cm³/mol. The molecule has 0 aromatic heterocycles. The van der Waals surface area contributed by atoms with E-state index < -0.39 is 4.33 Å². The molecule has 0 saturated carbocycles. The van der Waals surface area contributed by atoms with Crippen LogP contribution in [0.4, 0.5) is 0 Å². The third-order valence-corrected chi connectivity index (χ3v) is 4.39. The van der Waals surface area contributed by atoms with Crippen molar-refractivity contribution in [2.24, 2.45) is 0 Å². The third kappa shape index (κ3) is 8.87. The first kappa shape index (κ1) is 26.3. The second-order valence-electron chi connectivity index (χ2n) is 8.65. The van der Waals surface area contributed by atoms with Crippen LogP contribution in [0.1, 0.15) is 56.9 Å². The fraction of sp³-hybridized carbons (Fsp3) is 0.346. The molecular formula is C26H30Cl2Zr. The first-order valence-corrected chi connectivity index (χ1v) is 10.4. The van der Waals surface area contributed by atoms with Crippen molar-refractivity contribution in [1.82, 2.24) is 0 Å². The fourth-order valence-corrected chi connectivity index (χ4v) is 3.03. The minimum absolute atomic E-state index is 0. The molecular weight excluding hydrogens is 474 g/mol. The van der Waals surface area contributed by atoms with E-state index >= 15 is 0 Å². The zero-order valence-corrected chi connectivity index (χ0v) is 22.2. The van der Waals surface area contributed by atoms with Gasteiger partial charge in [-0.1, -0.05) is 68.5 Å². The van der Waals surface area contributed by atoms with Crippen molar-refractivity contribution in [2.45, 2.75) is 57.7 Å². The van der Waals surface area contributed by atoms with E-state index in [1.165, 1.54) is 33.4 Å². The minimum Gasteiger partial charge on any atom is -0.207 e. The maximum absolute atomic E-state index is 5.30. The van der Waals surface area contributed by atoms with Crippen LogP contribution in [0.25, 0.3) is 11.1 Å². The molecule has 0 unspecified atom stereocenters. The van der Waals surface area contributed by atoms with E-state index in [1.54, 1.807) is 13.8 Å². The first-order chi connectivity index (χ1) is 12.9. The quantitative estimate of drug-likeness (QED) is 0.167. The van der Waals surface area contributed by atoms with Gasteiger partial charge in [-0.25, -0.2) is 6.07 Å². The summed E-state index contributed by atoms with van der Waals surface area (Å²) < 4.78 is -0.556. The van der Waals surface area contributed by atoms with Crippen LogP contribution in [0.2, 0.25) is 0 Å². The van der Waals surface area contributed by atoms with Gasteiger partial charge in [0.1, 0.15) is 4.33 Å². The normalized spacial score (nSPS) is 11.7. The van der Waals surface area contributed by atoms with Crippen LogP contribution in [0.5, 0.6) is 0 Å². The molecule has 1 aliphatic rings. The Balaban J connectivity index is 0.000000236. The fourth-order valence-electron chi connectivity index (χ4n) is 3.03. The Morgan fingerprint density at radius 3 is 2.03 bits per heavy atom. The van der Waals surface area contributed by atoms with Gasteiger partial charge in [0.25, 0.3) is 0 Å². The molecule has 4 rings (SSSR count). The molecule has 0 saturated heterocycles. The van der Waals surface area contributed by atoms with E-state index in [0.29, 0.717) is 5.41 Å². The van der Waals surface area contributed by atoms with Gasteiger partial charge in [0.05, 0.1) is 0 Å². The van der Waals surface area contributed by atoms with Gasteiger partial charge in [-0.15, -0.1) is 28.8 Å². The topological polar surface area (TPSA) is 0 Å². The van der Waals surface area contributed by atoms with E-state index in [1.807, 2.05) is 6.07 Å². The van der Waals surface area contributed by atoms with Gasteiger partial charge in [0.2, 0.25) is 0 Å². The standard InChI is InChI=1S/C13H9.C10H15.C3H6Cl2.Zr/c1-3-7-12-10(5-1)9-11-6-2-4-8-13(11)12;1-8-5-6-9(7-8)10(2,3)4;1-3(2,4)5;/h1-5,7-8H,9H2;5-7H,1-4H3;1-2H3;/q2*-1;;+2. The molecule has 1 aliphatic carbocycles. The van der Waals surface area contributed by atoms with Crippen LogP contribution < -0.4 is 0 Å². The molecule has 29 heavy (non-hydrogen) atoms. The number of halogens is 2. The van der Waals surface area contributed by atoms with Crippen LogP contribution in [-0.2, 0) is 38.0 Å². The zero-order valence-electron chi connectivity index (χ0n) is 18.2. The Labute approximate surface area is 206 Å². The molecule has 0 bridgehead atoms. The zero-order chi connectivity index (χ0) is 20.9. The Morgan fingerprint density at radius 2 is 1.52 bits per heavy atom. The molecule has 0 spiro atoms. The predicted octanol–water partition coefficient (Wildman–Crippen LogP) is 8.27. The van der Waals surface area contributed by atoms with Gasteiger partial charge in [-0.3, -0.25) is 0 Å². The van der Waals surface area contributed by atoms with Crippen LogP contribution in [0.15, 0.2) is 60.7 Å². The SMILES string of the molecule is CC(C)(Cl)Cl.Cc1cc(C(C)(C)C)c[cH-]1.[Zr+2].[c-]1cccc2c1Cc1ccccc1-2. The summed E-state index contributed by atoms with van der Waals surface area (Å²) in [5.74, 6) is 0. The van der Waals surface area contributed by atoms with Crippen molar-refractivity contribution in [2.75, 3.05) is 0 Å². The number of rotatable bonds is 0. The average Bonchev–Trinajstić information content (AvgIpc) is 3.17. The number of aryl methyl sites for hydroxylation is 1. The largest absolute Gasteiger partial charge is 2.00 e. The van der Waals surface area contributed by atoms with Crippen LogP contribution >= 0.6 is 23.2 Å². The summed E-state index contributed by atoms with van der Waals surface area (Å²) in [5, 5.41) is 0. The molecule has 0 radical (unpaired) electrons. The van der Waals surface area contributed by atoms with E-state index in [-0.39, 0.29) is 26.2 Å². The van der Waals surface area contributed by atoms with E-state index in [2.05, 4.69) is 88.4 Å². The molecule has 152 valence electrons. The van der Waals surface area contributed by atoms with E-state index in [4.69, 9.17) is 23.2 Å². The summed E-state index contributed by atoms with van der Waals surface area (Å²) in [7, 11) is 0. The summed E-state index contributed by atoms with van der Waals surface area (Å²) in [5.41, 5.74) is 8.62. The van der Waals surface area contributed by atoms with Gasteiger partial charge in [-0.2, -0.15) is 53.1 Å². The Bertz CT molecular complexity index is 846. The van der Waals surface area contributed by atoms with E-state index in [0.717, 1.165) is 6.42 Å². The summed E-state index contributed by atoms with van der Waals surface area (Å²) in [6.07, 6.45) is 1.05. The number of hydrogen-bond donors (Lipinski definition) is 0. The minimum atomic E-state index is -0.556. The number of fused-ring (bicyclic) bond motifs is 3. The number of hydrogen-bond acceptors (Lipinski definition) is 0. The smallest absolute Gasteiger partial charge is 0.207 e. The van der Waals surface area contributed by atoms with Gasteiger partial charge in [-0.05, 0) is 20.3 Å². The average molecular weight is 505 g/mol. The summed E-state index contributed by atoms with van der Waals surface area (Å²) >= 11 is 10.6. The van der Waals surface area contributed by atoms with Crippen LogP contribution in [0, 0.1) is 13.0 Å². The van der Waals surface area contributed by atoms with Crippen molar-refractivity contribution in [3.8, 4) is 11.1 Å². The molecule has 0 fully saturated rings. The van der Waals surface area contributed by atoms with Crippen LogP contribution in [0.3, 0.4) is 0 Å². The van der Waals surface area contributed by atoms with Gasteiger partial charge in [0, 0.05) is 0 Å². The third-order valence-electron chi connectivity index (χ3n) is 4.39. The Kier molecular flexibility index (Phi) is 10.0. The second-order valence-corrected chi connectivity index (χ2v) is 10.7. The van der Waals surface area contributed by atoms with Gasteiger partial charge >= 0.3 is 26.2 Å². The number of alkyl halides is 2. The molecule has 0 heterocycles. The molecule has 0 atom stereocenters. The Hall–Kier alpha value is -0.747. The second kappa shape index (κ2) is 11.0. The molecule has 0 N–H and O–H groups in total. The Morgan fingerprint density at radius 1 is 0.931 bits per heavy atom. The maximum atomic E-state index is 5.30. The van der Waals surface area contributed by atoms with Crippen molar-refractivity contribution < 1.29 is 26.2 Å². The molecule has 0 amide bonds. The van der Waals surface area contributed by atoms with Gasteiger partial charge < -0.3 is 0 Å². The van der Waals surface area contributed by atoms with Crippen molar-refractivity contribution in [1.29, 1.82) is 0 Å². The van der Waals surface area contributed by atoms with Gasteiger partial charge in [0.15, 0.2) is 0 Å². The summed E-state index contributed by atoms with van der Waals surface area (Å²) in [6, 6.07) is 24.7. The summed E-state index contributed by atoms with van der Waals surface area (Å²) in [6.45, 7) is 12.3. The molecule has 3 aromatic carbocycles. The van der Waals surface area contributed by atoms with Crippen LogP contribution in [-0.4, -0.2) is 4.33 Å². The summed E-state index contributed by atoms with van der Waals surface area (Å²) in [4.78, 5) is 0. The monoisotopic (exact) mass is 502 g/mol. The van der Waals surface area contributed by atoms with E-state index in [9.17, 15) is 0 Å². The van der Waals surface area contributed by atoms with Crippen molar-refractivity contribution >= 4 is 23.2 Å².